The number of hydrogen-bond acceptors (Lipinski definition) is 4. The van der Waals surface area contributed by atoms with Crippen LogP contribution >= 0.6 is 0 Å². The Bertz CT molecular complexity index is 829. The molecule has 122 valence electrons. The third-order valence-corrected chi connectivity index (χ3v) is 4.44. The summed E-state index contributed by atoms with van der Waals surface area (Å²) in [5.74, 6) is 2.12. The Morgan fingerprint density at radius 2 is 2.00 bits per heavy atom. The van der Waals surface area contributed by atoms with Crippen molar-refractivity contribution in [3.05, 3.63) is 41.2 Å². The lowest BCUT2D eigenvalue weighted by atomic mass is 10.2. The Morgan fingerprint density at radius 3 is 2.65 bits per heavy atom. The summed E-state index contributed by atoms with van der Waals surface area (Å²) in [4.78, 5) is 11.3. The van der Waals surface area contributed by atoms with E-state index in [2.05, 4.69) is 46.5 Å². The first-order valence-electron chi connectivity index (χ1n) is 8.06. The van der Waals surface area contributed by atoms with Gasteiger partial charge in [-0.1, -0.05) is 6.92 Å². The Labute approximate surface area is 136 Å². The lowest BCUT2D eigenvalue weighted by molar-refractivity contribution is 0.655. The van der Waals surface area contributed by atoms with E-state index in [4.69, 9.17) is 4.98 Å². The van der Waals surface area contributed by atoms with Gasteiger partial charge in [-0.2, -0.15) is 9.61 Å². The third kappa shape index (κ3) is 2.81. The van der Waals surface area contributed by atoms with E-state index in [-0.39, 0.29) is 0 Å². The van der Waals surface area contributed by atoms with Crippen LogP contribution in [0.25, 0.3) is 5.65 Å². The van der Waals surface area contributed by atoms with Crippen LogP contribution in [0.4, 0.5) is 5.82 Å². The van der Waals surface area contributed by atoms with Crippen LogP contribution in [0.3, 0.4) is 0 Å². The van der Waals surface area contributed by atoms with Gasteiger partial charge in [-0.3, -0.25) is 0 Å². The van der Waals surface area contributed by atoms with Gasteiger partial charge in [-0.25, -0.2) is 9.97 Å². The zero-order valence-corrected chi connectivity index (χ0v) is 14.5. The van der Waals surface area contributed by atoms with Crippen LogP contribution in [0.2, 0.25) is 0 Å². The SMILES string of the molecule is CCc1cc(N(C)CCn2ccnc2C)n2nc(C)c(C)c2n1. The Balaban J connectivity index is 1.94. The van der Waals surface area contributed by atoms with Crippen molar-refractivity contribution in [2.45, 2.75) is 40.7 Å². The largest absolute Gasteiger partial charge is 0.358 e. The summed E-state index contributed by atoms with van der Waals surface area (Å²) in [6, 6.07) is 2.14. The van der Waals surface area contributed by atoms with Crippen LogP contribution in [0, 0.1) is 20.8 Å². The number of hydrogen-bond donors (Lipinski definition) is 0. The standard InChI is InChI=1S/C17H24N6/c1-6-15-11-16(23-17(19-15)12(2)13(3)20-23)21(5)9-10-22-8-7-18-14(22)4/h7-8,11H,6,9-10H2,1-5H3. The van der Waals surface area contributed by atoms with Crippen molar-refractivity contribution in [2.24, 2.45) is 0 Å². The monoisotopic (exact) mass is 312 g/mol. The molecular weight excluding hydrogens is 288 g/mol. The van der Waals surface area contributed by atoms with E-state index in [0.717, 1.165) is 53.8 Å². The van der Waals surface area contributed by atoms with Crippen molar-refractivity contribution in [2.75, 3.05) is 18.5 Å². The highest BCUT2D eigenvalue weighted by molar-refractivity contribution is 5.56. The fourth-order valence-electron chi connectivity index (χ4n) is 2.73. The van der Waals surface area contributed by atoms with E-state index in [1.165, 1.54) is 0 Å². The molecule has 0 amide bonds. The minimum absolute atomic E-state index is 0.886. The van der Waals surface area contributed by atoms with Gasteiger partial charge in [0.1, 0.15) is 11.6 Å². The van der Waals surface area contributed by atoms with Crippen molar-refractivity contribution >= 4 is 11.5 Å². The van der Waals surface area contributed by atoms with Crippen LogP contribution in [-0.4, -0.2) is 37.7 Å². The molecular formula is C17H24N6. The fraction of sp³-hybridized carbons (Fsp3) is 0.471. The molecule has 0 aliphatic heterocycles. The van der Waals surface area contributed by atoms with E-state index < -0.39 is 0 Å². The summed E-state index contributed by atoms with van der Waals surface area (Å²) in [7, 11) is 2.10. The van der Waals surface area contributed by atoms with E-state index in [1.807, 2.05) is 30.8 Å². The number of nitrogens with zero attached hydrogens (tertiary/aromatic N) is 6. The quantitative estimate of drug-likeness (QED) is 0.726. The summed E-state index contributed by atoms with van der Waals surface area (Å²) < 4.78 is 4.12. The van der Waals surface area contributed by atoms with Gasteiger partial charge in [-0.05, 0) is 27.2 Å². The van der Waals surface area contributed by atoms with Gasteiger partial charge in [0.05, 0.1) is 5.69 Å². The summed E-state index contributed by atoms with van der Waals surface area (Å²) in [6.07, 6.45) is 4.78. The van der Waals surface area contributed by atoms with Crippen molar-refractivity contribution in [3.8, 4) is 0 Å². The minimum atomic E-state index is 0.886. The second-order valence-electron chi connectivity index (χ2n) is 5.99. The van der Waals surface area contributed by atoms with Crippen molar-refractivity contribution in [1.82, 2.24) is 24.1 Å². The van der Waals surface area contributed by atoms with Crippen molar-refractivity contribution in [3.63, 3.8) is 0 Å². The van der Waals surface area contributed by atoms with Crippen molar-refractivity contribution < 1.29 is 0 Å². The Kier molecular flexibility index (Phi) is 4.07. The molecule has 6 heteroatoms. The lowest BCUT2D eigenvalue weighted by Crippen LogP contribution is -2.25. The van der Waals surface area contributed by atoms with Gasteiger partial charge < -0.3 is 9.47 Å². The molecule has 0 N–H and O–H groups in total. The second kappa shape index (κ2) is 6.02. The third-order valence-electron chi connectivity index (χ3n) is 4.44. The average molecular weight is 312 g/mol. The highest BCUT2D eigenvalue weighted by Crippen LogP contribution is 2.21. The number of aromatic nitrogens is 5. The molecule has 0 spiro atoms. The van der Waals surface area contributed by atoms with E-state index in [1.54, 1.807) is 0 Å². The Hall–Kier alpha value is -2.37. The topological polar surface area (TPSA) is 51.2 Å². The maximum Gasteiger partial charge on any atom is 0.160 e. The number of aryl methyl sites for hydroxylation is 4. The van der Waals surface area contributed by atoms with Crippen LogP contribution in [0.5, 0.6) is 0 Å². The fourth-order valence-corrected chi connectivity index (χ4v) is 2.73. The maximum absolute atomic E-state index is 4.74. The molecule has 3 rings (SSSR count). The first-order chi connectivity index (χ1) is 11.0. The number of rotatable bonds is 5. The molecule has 0 aliphatic carbocycles. The molecule has 23 heavy (non-hydrogen) atoms. The maximum atomic E-state index is 4.74. The Morgan fingerprint density at radius 1 is 1.22 bits per heavy atom. The summed E-state index contributed by atoms with van der Waals surface area (Å²) in [6.45, 7) is 10.1. The normalized spacial score (nSPS) is 11.3. The molecule has 6 nitrogen and oxygen atoms in total. The summed E-state index contributed by atoms with van der Waals surface area (Å²) >= 11 is 0. The zero-order valence-electron chi connectivity index (χ0n) is 14.5. The second-order valence-corrected chi connectivity index (χ2v) is 5.99. The van der Waals surface area contributed by atoms with Gasteiger partial charge in [-0.15, -0.1) is 0 Å². The number of imidazole rings is 1. The molecule has 0 fully saturated rings. The van der Waals surface area contributed by atoms with Gasteiger partial charge in [0.15, 0.2) is 5.65 Å². The summed E-state index contributed by atoms with van der Waals surface area (Å²) in [5.41, 5.74) is 4.25. The van der Waals surface area contributed by atoms with Crippen LogP contribution < -0.4 is 4.90 Å². The molecule has 0 aromatic carbocycles. The van der Waals surface area contributed by atoms with E-state index in [9.17, 15) is 0 Å². The molecule has 0 radical (unpaired) electrons. The molecule has 3 aromatic rings. The predicted molar refractivity (Wildman–Crippen MR) is 92.1 cm³/mol. The molecule has 0 saturated carbocycles. The smallest absolute Gasteiger partial charge is 0.160 e. The number of fused-ring (bicyclic) bond motifs is 1. The van der Waals surface area contributed by atoms with Gasteiger partial charge in [0.2, 0.25) is 0 Å². The molecule has 3 aromatic heterocycles. The van der Waals surface area contributed by atoms with Crippen LogP contribution in [-0.2, 0) is 13.0 Å². The number of anilines is 1. The molecule has 0 unspecified atom stereocenters. The minimum Gasteiger partial charge on any atom is -0.358 e. The van der Waals surface area contributed by atoms with Gasteiger partial charge in [0.25, 0.3) is 0 Å². The molecule has 0 bridgehead atoms. The van der Waals surface area contributed by atoms with E-state index >= 15 is 0 Å². The average Bonchev–Trinajstić information content (AvgIpc) is 3.08. The molecule has 0 aliphatic rings. The van der Waals surface area contributed by atoms with E-state index in [0.29, 0.717) is 0 Å². The first kappa shape index (κ1) is 15.5. The van der Waals surface area contributed by atoms with Crippen molar-refractivity contribution in [1.29, 1.82) is 0 Å². The molecule has 0 saturated heterocycles. The van der Waals surface area contributed by atoms with Gasteiger partial charge in [0, 0.05) is 49.9 Å². The summed E-state index contributed by atoms with van der Waals surface area (Å²) in [5, 5.41) is 4.67. The first-order valence-corrected chi connectivity index (χ1v) is 8.06. The molecule has 0 atom stereocenters. The predicted octanol–water partition coefficient (Wildman–Crippen LogP) is 2.55. The number of likely N-dealkylation sites (N-methyl/N-ethyl adjacent to an activating group) is 1. The lowest BCUT2D eigenvalue weighted by Gasteiger charge is -2.21. The molecule has 3 heterocycles. The zero-order chi connectivity index (χ0) is 16.6. The van der Waals surface area contributed by atoms with Gasteiger partial charge >= 0.3 is 0 Å². The highest BCUT2D eigenvalue weighted by atomic mass is 15.3. The highest BCUT2D eigenvalue weighted by Gasteiger charge is 2.14. The van der Waals surface area contributed by atoms with Crippen LogP contribution in [0.15, 0.2) is 18.5 Å². The van der Waals surface area contributed by atoms with Crippen LogP contribution in [0.1, 0.15) is 29.7 Å².